The SMILES string of the molecule is COc1cc(/C=C/c2ccc(OCC(=O)NCc3ccccc3)cc2)c(/C=C/[N+](=O)[O-])c(OC)c1. The van der Waals surface area contributed by atoms with Crippen molar-refractivity contribution in [3.05, 3.63) is 105 Å². The Kier molecular flexibility index (Phi) is 9.01. The smallest absolute Gasteiger partial charge is 0.258 e. The van der Waals surface area contributed by atoms with Crippen LogP contribution in [-0.2, 0) is 11.3 Å². The Morgan fingerprint density at radius 2 is 1.69 bits per heavy atom. The lowest BCUT2D eigenvalue weighted by atomic mass is 10.0. The topological polar surface area (TPSA) is 99.9 Å². The van der Waals surface area contributed by atoms with E-state index < -0.39 is 4.92 Å². The summed E-state index contributed by atoms with van der Waals surface area (Å²) in [6, 6.07) is 20.3. The van der Waals surface area contributed by atoms with Gasteiger partial charge in [-0.25, -0.2) is 0 Å². The summed E-state index contributed by atoms with van der Waals surface area (Å²) < 4.78 is 16.3. The number of carbonyl (C=O) groups excluding carboxylic acids is 1. The number of nitrogens with one attached hydrogen (secondary N) is 1. The second kappa shape index (κ2) is 12.6. The van der Waals surface area contributed by atoms with Gasteiger partial charge in [-0.2, -0.15) is 0 Å². The zero-order valence-corrected chi connectivity index (χ0v) is 19.5. The summed E-state index contributed by atoms with van der Waals surface area (Å²) in [5.41, 5.74) is 3.14. The number of benzene rings is 3. The fourth-order valence-corrected chi connectivity index (χ4v) is 3.22. The fraction of sp³-hybridized carbons (Fsp3) is 0.148. The fourth-order valence-electron chi connectivity index (χ4n) is 3.22. The molecule has 180 valence electrons. The molecule has 3 aromatic rings. The van der Waals surface area contributed by atoms with Crippen LogP contribution in [0.25, 0.3) is 18.2 Å². The number of nitrogens with zero attached hydrogens (tertiary/aromatic N) is 1. The first kappa shape index (κ1) is 25.0. The summed E-state index contributed by atoms with van der Waals surface area (Å²) in [6.07, 6.45) is 5.92. The third-order valence-electron chi connectivity index (χ3n) is 5.00. The van der Waals surface area contributed by atoms with Crippen LogP contribution in [0.4, 0.5) is 0 Å². The van der Waals surface area contributed by atoms with Crippen LogP contribution in [0, 0.1) is 10.1 Å². The van der Waals surface area contributed by atoms with Gasteiger partial charge in [0.25, 0.3) is 5.91 Å². The molecule has 0 spiro atoms. The van der Waals surface area contributed by atoms with Gasteiger partial charge in [-0.05, 0) is 34.9 Å². The average Bonchev–Trinajstić information content (AvgIpc) is 2.89. The number of rotatable bonds is 11. The van der Waals surface area contributed by atoms with Crippen molar-refractivity contribution in [2.45, 2.75) is 6.54 Å². The van der Waals surface area contributed by atoms with Crippen LogP contribution in [0.15, 0.2) is 72.9 Å². The van der Waals surface area contributed by atoms with Crippen molar-refractivity contribution in [1.82, 2.24) is 5.32 Å². The van der Waals surface area contributed by atoms with Crippen LogP contribution in [0.5, 0.6) is 17.2 Å². The molecular formula is C27H26N2O6. The molecule has 1 N–H and O–H groups in total. The van der Waals surface area contributed by atoms with Gasteiger partial charge < -0.3 is 19.5 Å². The molecule has 0 aromatic heterocycles. The Balaban J connectivity index is 1.64. The molecule has 0 unspecified atom stereocenters. The molecule has 1 amide bonds. The first-order valence-corrected chi connectivity index (χ1v) is 10.8. The van der Waals surface area contributed by atoms with Gasteiger partial charge in [-0.3, -0.25) is 14.9 Å². The quantitative estimate of drug-likeness (QED) is 0.243. The second-order valence-electron chi connectivity index (χ2n) is 7.39. The summed E-state index contributed by atoms with van der Waals surface area (Å²) in [5, 5.41) is 13.6. The second-order valence-corrected chi connectivity index (χ2v) is 7.39. The van der Waals surface area contributed by atoms with Crippen molar-refractivity contribution in [2.75, 3.05) is 20.8 Å². The molecule has 8 nitrogen and oxygen atoms in total. The van der Waals surface area contributed by atoms with Crippen molar-refractivity contribution in [3.8, 4) is 17.2 Å². The first-order valence-electron chi connectivity index (χ1n) is 10.8. The van der Waals surface area contributed by atoms with Crippen molar-refractivity contribution in [2.24, 2.45) is 0 Å². The number of hydrogen-bond acceptors (Lipinski definition) is 6. The van der Waals surface area contributed by atoms with E-state index in [2.05, 4.69) is 5.32 Å². The lowest BCUT2D eigenvalue weighted by molar-refractivity contribution is -0.400. The minimum Gasteiger partial charge on any atom is -0.497 e. The normalized spacial score (nSPS) is 10.9. The van der Waals surface area contributed by atoms with Gasteiger partial charge in [-0.15, -0.1) is 0 Å². The molecule has 3 aromatic carbocycles. The molecule has 0 radical (unpaired) electrons. The Morgan fingerprint density at radius 3 is 2.34 bits per heavy atom. The molecule has 0 saturated heterocycles. The molecule has 35 heavy (non-hydrogen) atoms. The third kappa shape index (κ3) is 7.75. The molecule has 0 saturated carbocycles. The van der Waals surface area contributed by atoms with E-state index in [0.717, 1.165) is 17.3 Å². The van der Waals surface area contributed by atoms with E-state index >= 15 is 0 Å². The standard InChI is InChI=1S/C27H26N2O6/c1-33-24-16-22(25(14-15-29(31)32)26(17-24)34-2)11-8-20-9-12-23(13-10-20)35-19-27(30)28-18-21-6-4-3-5-7-21/h3-17H,18-19H2,1-2H3,(H,28,30)/b11-8+,15-14+. The van der Waals surface area contributed by atoms with Crippen molar-refractivity contribution in [3.63, 3.8) is 0 Å². The number of nitro groups is 1. The van der Waals surface area contributed by atoms with Crippen LogP contribution in [0.2, 0.25) is 0 Å². The summed E-state index contributed by atoms with van der Waals surface area (Å²) in [4.78, 5) is 22.3. The van der Waals surface area contributed by atoms with E-state index in [-0.39, 0.29) is 12.5 Å². The summed E-state index contributed by atoms with van der Waals surface area (Å²) >= 11 is 0. The molecule has 3 rings (SSSR count). The van der Waals surface area contributed by atoms with Crippen molar-refractivity contribution in [1.29, 1.82) is 0 Å². The summed E-state index contributed by atoms with van der Waals surface area (Å²) in [7, 11) is 3.03. The highest BCUT2D eigenvalue weighted by atomic mass is 16.6. The maximum absolute atomic E-state index is 12.0. The monoisotopic (exact) mass is 474 g/mol. The Labute approximate surface area is 203 Å². The van der Waals surface area contributed by atoms with E-state index in [0.29, 0.717) is 34.9 Å². The highest BCUT2D eigenvalue weighted by Gasteiger charge is 2.10. The van der Waals surface area contributed by atoms with Crippen LogP contribution in [0.1, 0.15) is 22.3 Å². The van der Waals surface area contributed by atoms with Gasteiger partial charge in [-0.1, -0.05) is 54.6 Å². The zero-order valence-electron chi connectivity index (χ0n) is 19.5. The molecule has 0 aliphatic carbocycles. The van der Waals surface area contributed by atoms with Gasteiger partial charge in [0.05, 0.1) is 19.1 Å². The van der Waals surface area contributed by atoms with Gasteiger partial charge in [0, 0.05) is 24.3 Å². The molecule has 0 aliphatic heterocycles. The van der Waals surface area contributed by atoms with Crippen molar-refractivity contribution < 1.29 is 23.9 Å². The maximum atomic E-state index is 12.0. The number of carbonyl (C=O) groups is 1. The summed E-state index contributed by atoms with van der Waals surface area (Å²) in [5.74, 6) is 1.38. The molecular weight excluding hydrogens is 448 g/mol. The number of amides is 1. The predicted molar refractivity (Wildman–Crippen MR) is 135 cm³/mol. The van der Waals surface area contributed by atoms with E-state index in [9.17, 15) is 14.9 Å². The molecule has 8 heteroatoms. The zero-order chi connectivity index (χ0) is 25.0. The minimum atomic E-state index is -0.530. The number of ether oxygens (including phenoxy) is 3. The first-order chi connectivity index (χ1) is 17.0. The van der Waals surface area contributed by atoms with Gasteiger partial charge in [0.15, 0.2) is 6.61 Å². The predicted octanol–water partition coefficient (Wildman–Crippen LogP) is 4.82. The van der Waals surface area contributed by atoms with Gasteiger partial charge >= 0.3 is 0 Å². The number of methoxy groups -OCH3 is 2. The van der Waals surface area contributed by atoms with Crippen LogP contribution < -0.4 is 19.5 Å². The maximum Gasteiger partial charge on any atom is 0.258 e. The molecule has 0 bridgehead atoms. The van der Waals surface area contributed by atoms with E-state index in [1.54, 1.807) is 24.3 Å². The van der Waals surface area contributed by atoms with Gasteiger partial charge in [0.2, 0.25) is 6.20 Å². The largest absolute Gasteiger partial charge is 0.497 e. The van der Waals surface area contributed by atoms with E-state index in [4.69, 9.17) is 14.2 Å². The Hall–Kier alpha value is -4.59. The Bertz CT molecular complexity index is 1200. The van der Waals surface area contributed by atoms with E-state index in [1.807, 2.05) is 54.6 Å². The van der Waals surface area contributed by atoms with Crippen LogP contribution in [0.3, 0.4) is 0 Å². The number of hydrogen-bond donors (Lipinski definition) is 1. The molecule has 0 atom stereocenters. The average molecular weight is 475 g/mol. The van der Waals surface area contributed by atoms with Gasteiger partial charge in [0.1, 0.15) is 17.2 Å². The van der Waals surface area contributed by atoms with E-state index in [1.165, 1.54) is 20.3 Å². The molecule has 0 heterocycles. The summed E-state index contributed by atoms with van der Waals surface area (Å²) in [6.45, 7) is 0.360. The minimum absolute atomic E-state index is 0.0856. The molecule has 0 fully saturated rings. The highest BCUT2D eigenvalue weighted by Crippen LogP contribution is 2.31. The van der Waals surface area contributed by atoms with Crippen LogP contribution >= 0.6 is 0 Å². The Morgan fingerprint density at radius 1 is 0.943 bits per heavy atom. The van der Waals surface area contributed by atoms with Crippen LogP contribution in [-0.4, -0.2) is 31.7 Å². The van der Waals surface area contributed by atoms with Crippen molar-refractivity contribution >= 4 is 24.1 Å². The lowest BCUT2D eigenvalue weighted by Crippen LogP contribution is -2.28. The highest BCUT2D eigenvalue weighted by molar-refractivity contribution is 5.79. The third-order valence-corrected chi connectivity index (χ3v) is 5.00. The molecule has 0 aliphatic rings. The lowest BCUT2D eigenvalue weighted by Gasteiger charge is -2.11.